The summed E-state index contributed by atoms with van der Waals surface area (Å²) in [5.74, 6) is 2.36. The van der Waals surface area contributed by atoms with Crippen LogP contribution in [0.4, 0.5) is 0 Å². The maximum atomic E-state index is 5.71. The van der Waals surface area contributed by atoms with Crippen LogP contribution in [0.3, 0.4) is 0 Å². The van der Waals surface area contributed by atoms with Crippen molar-refractivity contribution in [2.75, 3.05) is 13.2 Å². The molecule has 3 aromatic heterocycles. The smallest absolute Gasteiger partial charge is 0.169 e. The number of pyridine rings is 2. The molecule has 0 atom stereocenters. The Labute approximate surface area is 166 Å². The van der Waals surface area contributed by atoms with E-state index in [9.17, 15) is 0 Å². The van der Waals surface area contributed by atoms with Gasteiger partial charge in [0, 0.05) is 23.3 Å². The van der Waals surface area contributed by atoms with Crippen molar-refractivity contribution in [2.24, 2.45) is 0 Å². The summed E-state index contributed by atoms with van der Waals surface area (Å²) in [7, 11) is 0. The van der Waals surface area contributed by atoms with Crippen LogP contribution in [0.25, 0.3) is 39.1 Å². The van der Waals surface area contributed by atoms with Crippen LogP contribution in [0, 0.1) is 0 Å². The quantitative estimate of drug-likeness (QED) is 0.455. The van der Waals surface area contributed by atoms with E-state index in [1.54, 1.807) is 0 Å². The molecule has 6 rings (SSSR count). The summed E-state index contributed by atoms with van der Waals surface area (Å²) in [6.07, 6.45) is 3.81. The van der Waals surface area contributed by atoms with E-state index in [2.05, 4.69) is 27.3 Å². The molecule has 6 nitrogen and oxygen atoms in total. The second kappa shape index (κ2) is 6.31. The first kappa shape index (κ1) is 16.1. The predicted molar refractivity (Wildman–Crippen MR) is 110 cm³/mol. The van der Waals surface area contributed by atoms with E-state index in [4.69, 9.17) is 9.47 Å². The molecule has 4 heterocycles. The van der Waals surface area contributed by atoms with Gasteiger partial charge in [0.2, 0.25) is 0 Å². The van der Waals surface area contributed by atoms with Crippen LogP contribution in [-0.4, -0.2) is 32.8 Å². The van der Waals surface area contributed by atoms with Gasteiger partial charge in [-0.1, -0.05) is 24.3 Å². The third kappa shape index (κ3) is 2.61. The highest BCUT2D eigenvalue weighted by Gasteiger charge is 2.15. The van der Waals surface area contributed by atoms with E-state index in [1.165, 1.54) is 0 Å². The molecule has 1 aliphatic rings. The highest BCUT2D eigenvalue weighted by atomic mass is 16.6. The van der Waals surface area contributed by atoms with Crippen molar-refractivity contribution in [3.8, 4) is 34.0 Å². The maximum Gasteiger partial charge on any atom is 0.169 e. The summed E-state index contributed by atoms with van der Waals surface area (Å²) in [5.41, 5.74) is 4.83. The van der Waals surface area contributed by atoms with Crippen LogP contribution in [-0.2, 0) is 0 Å². The number of fused-ring (bicyclic) bond motifs is 3. The number of nitrogens with zero attached hydrogens (tertiary/aromatic N) is 4. The fourth-order valence-corrected chi connectivity index (χ4v) is 3.77. The minimum Gasteiger partial charge on any atom is -0.486 e. The number of benzene rings is 2. The van der Waals surface area contributed by atoms with Crippen LogP contribution in [0.2, 0.25) is 0 Å². The monoisotopic (exact) mass is 380 g/mol. The Bertz CT molecular complexity index is 1370. The molecular weight excluding hydrogens is 364 g/mol. The molecule has 0 unspecified atom stereocenters. The van der Waals surface area contributed by atoms with E-state index < -0.39 is 0 Å². The molecule has 0 aliphatic carbocycles. The van der Waals surface area contributed by atoms with Crippen LogP contribution in [0.15, 0.2) is 73.1 Å². The Hall–Kier alpha value is -3.93. The molecule has 5 aromatic rings. The minimum absolute atomic E-state index is 0.572. The summed E-state index contributed by atoms with van der Waals surface area (Å²) >= 11 is 0. The van der Waals surface area contributed by atoms with Crippen LogP contribution < -0.4 is 9.47 Å². The Morgan fingerprint density at radius 1 is 0.793 bits per heavy atom. The first-order valence-corrected chi connectivity index (χ1v) is 9.46. The lowest BCUT2D eigenvalue weighted by molar-refractivity contribution is 0.171. The predicted octanol–water partition coefficient (Wildman–Crippen LogP) is 4.38. The van der Waals surface area contributed by atoms with E-state index in [-0.39, 0.29) is 0 Å². The highest BCUT2D eigenvalue weighted by molar-refractivity contribution is 5.92. The molecule has 0 radical (unpaired) electrons. The third-order valence-corrected chi connectivity index (χ3v) is 5.18. The molecule has 0 N–H and O–H groups in total. The van der Waals surface area contributed by atoms with Crippen molar-refractivity contribution in [1.29, 1.82) is 0 Å². The van der Waals surface area contributed by atoms with Crippen molar-refractivity contribution < 1.29 is 9.47 Å². The van der Waals surface area contributed by atoms with Crippen LogP contribution >= 0.6 is 0 Å². The lowest BCUT2D eigenvalue weighted by atomic mass is 10.1. The Balaban J connectivity index is 1.46. The Morgan fingerprint density at radius 3 is 2.62 bits per heavy atom. The lowest BCUT2D eigenvalue weighted by Gasteiger charge is -2.18. The second-order valence-electron chi connectivity index (χ2n) is 6.90. The average Bonchev–Trinajstić information content (AvgIpc) is 3.21. The van der Waals surface area contributed by atoms with Crippen molar-refractivity contribution in [1.82, 2.24) is 19.6 Å². The number of hydrogen-bond acceptors (Lipinski definition) is 5. The molecule has 0 saturated carbocycles. The summed E-state index contributed by atoms with van der Waals surface area (Å²) in [6, 6.07) is 20.1. The van der Waals surface area contributed by atoms with Gasteiger partial charge in [0.05, 0.1) is 5.52 Å². The van der Waals surface area contributed by atoms with Gasteiger partial charge in [-0.2, -0.15) is 0 Å². The van der Waals surface area contributed by atoms with Gasteiger partial charge in [-0.25, -0.2) is 0 Å². The molecule has 140 valence electrons. The topological polar surface area (TPSA) is 61.5 Å². The zero-order valence-corrected chi connectivity index (χ0v) is 15.4. The Morgan fingerprint density at radius 2 is 1.66 bits per heavy atom. The standard InChI is InChI=1S/C23H16N4O2/c1-2-4-19-17(3-1)18(7-9-24-19)23-26-25-22-14-16(8-10-27(22)23)15-5-6-20-21(13-15)29-12-11-28-20/h1-10,13-14H,11-12H2. The van der Waals surface area contributed by atoms with Gasteiger partial charge >= 0.3 is 0 Å². The second-order valence-corrected chi connectivity index (χ2v) is 6.90. The molecule has 0 bridgehead atoms. The van der Waals surface area contributed by atoms with Crippen LogP contribution in [0.5, 0.6) is 11.5 Å². The summed E-state index contributed by atoms with van der Waals surface area (Å²) in [6.45, 7) is 1.16. The number of para-hydroxylation sites is 1. The van der Waals surface area contributed by atoms with E-state index in [0.717, 1.165) is 50.6 Å². The van der Waals surface area contributed by atoms with Gasteiger partial charge in [-0.15, -0.1) is 10.2 Å². The van der Waals surface area contributed by atoms with Gasteiger partial charge < -0.3 is 9.47 Å². The van der Waals surface area contributed by atoms with Crippen molar-refractivity contribution in [3.05, 3.63) is 73.1 Å². The van der Waals surface area contributed by atoms with Gasteiger partial charge in [0.15, 0.2) is 23.0 Å². The molecule has 0 spiro atoms. The zero-order valence-electron chi connectivity index (χ0n) is 15.4. The minimum atomic E-state index is 0.572. The van der Waals surface area contributed by atoms with Gasteiger partial charge in [-0.3, -0.25) is 9.38 Å². The zero-order chi connectivity index (χ0) is 19.2. The summed E-state index contributed by atoms with van der Waals surface area (Å²) in [5, 5.41) is 9.93. The molecule has 0 amide bonds. The molecule has 1 aliphatic heterocycles. The number of rotatable bonds is 2. The van der Waals surface area contributed by atoms with Gasteiger partial charge in [0.25, 0.3) is 0 Å². The maximum absolute atomic E-state index is 5.71. The van der Waals surface area contributed by atoms with Gasteiger partial charge in [0.1, 0.15) is 13.2 Å². The first-order valence-electron chi connectivity index (χ1n) is 9.46. The summed E-state index contributed by atoms with van der Waals surface area (Å²) in [4.78, 5) is 4.44. The molecule has 0 fully saturated rings. The third-order valence-electron chi connectivity index (χ3n) is 5.18. The van der Waals surface area contributed by atoms with Gasteiger partial charge in [-0.05, 0) is 47.5 Å². The van der Waals surface area contributed by atoms with E-state index >= 15 is 0 Å². The number of hydrogen-bond donors (Lipinski definition) is 0. The fraction of sp³-hybridized carbons (Fsp3) is 0.0870. The van der Waals surface area contributed by atoms with Crippen molar-refractivity contribution in [3.63, 3.8) is 0 Å². The first-order chi connectivity index (χ1) is 14.4. The van der Waals surface area contributed by atoms with E-state index in [0.29, 0.717) is 13.2 Å². The molecular formula is C23H16N4O2. The summed E-state index contributed by atoms with van der Waals surface area (Å²) < 4.78 is 13.3. The molecule has 6 heteroatoms. The normalized spacial score (nSPS) is 13.1. The molecule has 29 heavy (non-hydrogen) atoms. The number of aromatic nitrogens is 4. The lowest BCUT2D eigenvalue weighted by Crippen LogP contribution is -2.15. The van der Waals surface area contributed by atoms with Crippen molar-refractivity contribution >= 4 is 16.6 Å². The average molecular weight is 380 g/mol. The molecule has 0 saturated heterocycles. The largest absolute Gasteiger partial charge is 0.486 e. The highest BCUT2D eigenvalue weighted by Crippen LogP contribution is 2.35. The fourth-order valence-electron chi connectivity index (χ4n) is 3.77. The number of ether oxygens (including phenoxy) is 2. The molecule has 2 aromatic carbocycles. The van der Waals surface area contributed by atoms with Crippen molar-refractivity contribution in [2.45, 2.75) is 0 Å². The van der Waals surface area contributed by atoms with Crippen LogP contribution in [0.1, 0.15) is 0 Å². The Kier molecular flexibility index (Phi) is 3.49. The van der Waals surface area contributed by atoms with E-state index in [1.807, 2.05) is 65.3 Å². The SMILES string of the molecule is c1ccc2c(-c3nnc4cc(-c5ccc6c(c5)OCCO6)ccn34)ccnc2c1.